The maximum absolute atomic E-state index is 11.8. The Kier molecular flexibility index (Phi) is 3.06. The molecule has 0 unspecified atom stereocenters. The summed E-state index contributed by atoms with van der Waals surface area (Å²) < 4.78 is 11.3. The van der Waals surface area contributed by atoms with E-state index in [1.165, 1.54) is 25.7 Å². The number of ether oxygens (including phenoxy) is 2. The van der Waals surface area contributed by atoms with E-state index in [-0.39, 0.29) is 5.91 Å². The fourth-order valence-corrected chi connectivity index (χ4v) is 1.90. The summed E-state index contributed by atoms with van der Waals surface area (Å²) >= 11 is 0. The van der Waals surface area contributed by atoms with Crippen LogP contribution in [0.5, 0.6) is 5.75 Å². The van der Waals surface area contributed by atoms with Gasteiger partial charge < -0.3 is 9.47 Å². The monoisotopic (exact) mass is 247 g/mol. The molecule has 0 radical (unpaired) electrons. The van der Waals surface area contributed by atoms with Crippen molar-refractivity contribution >= 4 is 22.8 Å². The van der Waals surface area contributed by atoms with Crippen LogP contribution in [-0.4, -0.2) is 30.7 Å². The number of methoxy groups -OCH3 is 2. The standard InChI is InChI=1S/C13H13NO4/c1-8(15)14-5-4-9-6-10(17-2)7-11(12(9)14)13(16)18-3/h4-7H,1-3H3. The van der Waals surface area contributed by atoms with Crippen molar-refractivity contribution in [2.45, 2.75) is 6.92 Å². The van der Waals surface area contributed by atoms with E-state index in [0.717, 1.165) is 5.39 Å². The number of nitrogens with zero attached hydrogens (tertiary/aromatic N) is 1. The number of hydrogen-bond donors (Lipinski definition) is 0. The lowest BCUT2D eigenvalue weighted by Crippen LogP contribution is -2.09. The topological polar surface area (TPSA) is 57.5 Å². The van der Waals surface area contributed by atoms with Gasteiger partial charge in [-0.2, -0.15) is 0 Å². The molecule has 0 amide bonds. The van der Waals surface area contributed by atoms with Crippen molar-refractivity contribution in [1.29, 1.82) is 0 Å². The summed E-state index contributed by atoms with van der Waals surface area (Å²) in [7, 11) is 2.82. The Bertz CT molecular complexity index is 627. The fourth-order valence-electron chi connectivity index (χ4n) is 1.90. The van der Waals surface area contributed by atoms with Crippen molar-refractivity contribution in [2.75, 3.05) is 14.2 Å². The molecule has 2 aromatic rings. The molecule has 0 saturated carbocycles. The molecular formula is C13H13NO4. The molecule has 0 aliphatic rings. The van der Waals surface area contributed by atoms with E-state index in [2.05, 4.69) is 0 Å². The predicted molar refractivity (Wildman–Crippen MR) is 66.1 cm³/mol. The van der Waals surface area contributed by atoms with Crippen LogP contribution in [0.3, 0.4) is 0 Å². The minimum atomic E-state index is -0.500. The van der Waals surface area contributed by atoms with Gasteiger partial charge >= 0.3 is 5.97 Å². The van der Waals surface area contributed by atoms with E-state index in [1.54, 1.807) is 24.4 Å². The highest BCUT2D eigenvalue weighted by Crippen LogP contribution is 2.27. The Hall–Kier alpha value is -2.30. The number of carbonyl (C=O) groups is 2. The van der Waals surface area contributed by atoms with Crippen LogP contribution in [0.1, 0.15) is 22.1 Å². The third-order valence-corrected chi connectivity index (χ3v) is 2.74. The molecule has 0 fully saturated rings. The van der Waals surface area contributed by atoms with Crippen LogP contribution in [0.2, 0.25) is 0 Å². The highest BCUT2D eigenvalue weighted by Gasteiger charge is 2.17. The van der Waals surface area contributed by atoms with Crippen LogP contribution in [0.25, 0.3) is 10.9 Å². The summed E-state index contributed by atoms with van der Waals surface area (Å²) in [4.78, 5) is 23.3. The Balaban J connectivity index is 2.81. The van der Waals surface area contributed by atoms with E-state index in [4.69, 9.17) is 9.47 Å². The van der Waals surface area contributed by atoms with Gasteiger partial charge in [-0.3, -0.25) is 9.36 Å². The lowest BCUT2D eigenvalue weighted by molar-refractivity contribution is 0.0602. The average Bonchev–Trinajstić information content (AvgIpc) is 2.80. The zero-order valence-electron chi connectivity index (χ0n) is 10.4. The van der Waals surface area contributed by atoms with Crippen LogP contribution in [0.15, 0.2) is 24.4 Å². The van der Waals surface area contributed by atoms with Crippen LogP contribution >= 0.6 is 0 Å². The van der Waals surface area contributed by atoms with E-state index in [9.17, 15) is 9.59 Å². The van der Waals surface area contributed by atoms with Crippen molar-refractivity contribution < 1.29 is 19.1 Å². The fraction of sp³-hybridized carbons (Fsp3) is 0.231. The molecular weight excluding hydrogens is 234 g/mol. The van der Waals surface area contributed by atoms with Gasteiger partial charge in [0.1, 0.15) is 5.75 Å². The summed E-state index contributed by atoms with van der Waals surface area (Å²) in [5.41, 5.74) is 0.849. The van der Waals surface area contributed by atoms with Crippen LogP contribution in [-0.2, 0) is 4.74 Å². The molecule has 0 spiro atoms. The maximum Gasteiger partial charge on any atom is 0.340 e. The normalized spacial score (nSPS) is 10.4. The van der Waals surface area contributed by atoms with Crippen LogP contribution in [0, 0.1) is 0 Å². The van der Waals surface area contributed by atoms with Crippen LogP contribution in [0.4, 0.5) is 0 Å². The molecule has 94 valence electrons. The van der Waals surface area contributed by atoms with Crippen molar-refractivity contribution in [3.8, 4) is 5.75 Å². The van der Waals surface area contributed by atoms with Gasteiger partial charge in [0.05, 0.1) is 25.3 Å². The number of aromatic nitrogens is 1. The molecule has 1 aromatic carbocycles. The lowest BCUT2D eigenvalue weighted by atomic mass is 10.1. The van der Waals surface area contributed by atoms with Crippen molar-refractivity contribution in [3.63, 3.8) is 0 Å². The number of esters is 1. The van der Waals surface area contributed by atoms with Gasteiger partial charge in [-0.05, 0) is 18.2 Å². The zero-order valence-corrected chi connectivity index (χ0v) is 10.4. The molecule has 18 heavy (non-hydrogen) atoms. The summed E-state index contributed by atoms with van der Waals surface area (Å²) in [6.45, 7) is 1.44. The molecule has 0 saturated heterocycles. The van der Waals surface area contributed by atoms with Gasteiger partial charge in [0, 0.05) is 18.5 Å². The quantitative estimate of drug-likeness (QED) is 0.762. The zero-order chi connectivity index (χ0) is 13.3. The first-order valence-electron chi connectivity index (χ1n) is 5.37. The van der Waals surface area contributed by atoms with Gasteiger partial charge in [0.25, 0.3) is 0 Å². The maximum atomic E-state index is 11.8. The van der Waals surface area contributed by atoms with Gasteiger partial charge in [-0.15, -0.1) is 0 Å². The Labute approximate surface area is 104 Å². The van der Waals surface area contributed by atoms with Crippen molar-refractivity contribution in [2.24, 2.45) is 0 Å². The van der Waals surface area contributed by atoms with E-state index in [0.29, 0.717) is 16.8 Å². The molecule has 0 atom stereocenters. The Morgan fingerprint density at radius 1 is 1.22 bits per heavy atom. The largest absolute Gasteiger partial charge is 0.497 e. The summed E-state index contributed by atoms with van der Waals surface area (Å²) in [5, 5.41) is 0.755. The van der Waals surface area contributed by atoms with Crippen LogP contribution < -0.4 is 4.74 Å². The number of rotatable bonds is 2. The van der Waals surface area contributed by atoms with Crippen molar-refractivity contribution in [3.05, 3.63) is 30.0 Å². The Morgan fingerprint density at radius 2 is 1.94 bits per heavy atom. The van der Waals surface area contributed by atoms with E-state index >= 15 is 0 Å². The highest BCUT2D eigenvalue weighted by molar-refractivity contribution is 6.06. The Morgan fingerprint density at radius 3 is 2.50 bits per heavy atom. The average molecular weight is 247 g/mol. The summed E-state index contributed by atoms with van der Waals surface area (Å²) in [6, 6.07) is 5.08. The van der Waals surface area contributed by atoms with E-state index in [1.807, 2.05) is 0 Å². The molecule has 1 aromatic heterocycles. The molecule has 2 rings (SSSR count). The predicted octanol–water partition coefficient (Wildman–Crippen LogP) is 2.10. The molecule has 5 heteroatoms. The summed E-state index contributed by atoms with van der Waals surface area (Å²) in [6.07, 6.45) is 1.62. The first kappa shape index (κ1) is 12.2. The summed E-state index contributed by atoms with van der Waals surface area (Å²) in [5.74, 6) is -0.121. The van der Waals surface area contributed by atoms with Gasteiger partial charge in [-0.25, -0.2) is 4.79 Å². The second kappa shape index (κ2) is 4.52. The molecule has 5 nitrogen and oxygen atoms in total. The number of carbonyl (C=O) groups excluding carboxylic acids is 2. The second-order valence-electron chi connectivity index (χ2n) is 3.81. The lowest BCUT2D eigenvalue weighted by Gasteiger charge is -2.08. The van der Waals surface area contributed by atoms with Gasteiger partial charge in [0.15, 0.2) is 0 Å². The molecule has 1 heterocycles. The minimum absolute atomic E-state index is 0.166. The van der Waals surface area contributed by atoms with Crippen molar-refractivity contribution in [1.82, 2.24) is 4.57 Å². The smallest absolute Gasteiger partial charge is 0.340 e. The molecule has 0 bridgehead atoms. The number of hydrogen-bond acceptors (Lipinski definition) is 4. The first-order valence-corrected chi connectivity index (χ1v) is 5.37. The first-order chi connectivity index (χ1) is 8.58. The number of benzene rings is 1. The third kappa shape index (κ3) is 1.84. The molecule has 0 aliphatic heterocycles. The molecule has 0 aliphatic carbocycles. The van der Waals surface area contributed by atoms with Gasteiger partial charge in [0.2, 0.25) is 5.91 Å². The van der Waals surface area contributed by atoms with Gasteiger partial charge in [-0.1, -0.05) is 0 Å². The number of fused-ring (bicyclic) bond motifs is 1. The third-order valence-electron chi connectivity index (χ3n) is 2.74. The SMILES string of the molecule is COC(=O)c1cc(OC)cc2ccn(C(C)=O)c12. The minimum Gasteiger partial charge on any atom is -0.497 e. The van der Waals surface area contributed by atoms with E-state index < -0.39 is 5.97 Å². The second-order valence-corrected chi connectivity index (χ2v) is 3.81. The molecule has 0 N–H and O–H groups in total. The highest BCUT2D eigenvalue weighted by atomic mass is 16.5.